The average Bonchev–Trinajstić information content (AvgIpc) is 2.20. The van der Waals surface area contributed by atoms with Gasteiger partial charge < -0.3 is 10.2 Å². The van der Waals surface area contributed by atoms with E-state index in [1.165, 1.54) is 0 Å². The fraction of sp³-hybridized carbons (Fsp3) is 0.444. The van der Waals surface area contributed by atoms with E-state index >= 15 is 0 Å². The third kappa shape index (κ3) is 2.50. The first kappa shape index (κ1) is 11.6. The Labute approximate surface area is 94.9 Å². The maximum Gasteiger partial charge on any atom is 0.147 e. The van der Waals surface area contributed by atoms with Gasteiger partial charge in [0.15, 0.2) is 0 Å². The van der Waals surface area contributed by atoms with Gasteiger partial charge in [0.1, 0.15) is 5.82 Å². The molecule has 0 spiro atoms. The summed E-state index contributed by atoms with van der Waals surface area (Å²) >= 11 is 6.03. The molecule has 3 nitrogen and oxygen atoms in total. The molecule has 1 aromatic heterocycles. The number of rotatable bonds is 1. The predicted octanol–water partition coefficient (Wildman–Crippen LogP) is 1.57. The van der Waals surface area contributed by atoms with E-state index < -0.39 is 0 Å². The van der Waals surface area contributed by atoms with E-state index in [0.717, 1.165) is 37.0 Å². The largest absolute Gasteiger partial charge is 0.353 e. The van der Waals surface area contributed by atoms with E-state index in [1.54, 1.807) is 6.20 Å². The van der Waals surface area contributed by atoms with Gasteiger partial charge >= 0.3 is 0 Å². The van der Waals surface area contributed by atoms with Crippen molar-refractivity contribution in [3.63, 3.8) is 0 Å². The molecular formula is C9H13Cl2N3. The second kappa shape index (κ2) is 5.39. The fourth-order valence-electron chi connectivity index (χ4n) is 1.49. The molecule has 1 aliphatic rings. The summed E-state index contributed by atoms with van der Waals surface area (Å²) in [5.74, 6) is 0.908. The van der Waals surface area contributed by atoms with Gasteiger partial charge in [-0.1, -0.05) is 11.6 Å². The lowest BCUT2D eigenvalue weighted by atomic mass is 10.3. The second-order valence-electron chi connectivity index (χ2n) is 3.05. The van der Waals surface area contributed by atoms with Crippen LogP contribution in [0.1, 0.15) is 0 Å². The van der Waals surface area contributed by atoms with E-state index in [9.17, 15) is 0 Å². The van der Waals surface area contributed by atoms with Crippen LogP contribution in [-0.2, 0) is 0 Å². The minimum Gasteiger partial charge on any atom is -0.353 e. The van der Waals surface area contributed by atoms with Crippen LogP contribution < -0.4 is 10.2 Å². The quantitative estimate of drug-likeness (QED) is 0.799. The second-order valence-corrected chi connectivity index (χ2v) is 3.45. The number of nitrogens with zero attached hydrogens (tertiary/aromatic N) is 2. The van der Waals surface area contributed by atoms with Crippen LogP contribution >= 0.6 is 24.0 Å². The summed E-state index contributed by atoms with van der Waals surface area (Å²) in [6.07, 6.45) is 1.78. The van der Waals surface area contributed by atoms with Gasteiger partial charge in [-0.15, -0.1) is 12.4 Å². The van der Waals surface area contributed by atoms with E-state index in [-0.39, 0.29) is 12.4 Å². The van der Waals surface area contributed by atoms with E-state index in [2.05, 4.69) is 15.2 Å². The van der Waals surface area contributed by atoms with Gasteiger partial charge in [0.05, 0.1) is 5.02 Å². The highest BCUT2D eigenvalue weighted by Gasteiger charge is 2.13. The van der Waals surface area contributed by atoms with Gasteiger partial charge in [0, 0.05) is 32.4 Å². The Morgan fingerprint density at radius 3 is 2.71 bits per heavy atom. The monoisotopic (exact) mass is 233 g/mol. The van der Waals surface area contributed by atoms with Crippen molar-refractivity contribution in [3.05, 3.63) is 23.4 Å². The van der Waals surface area contributed by atoms with Crippen molar-refractivity contribution in [1.29, 1.82) is 0 Å². The SMILES string of the molecule is Cl.Clc1cccnc1N1CCNCC1. The summed E-state index contributed by atoms with van der Waals surface area (Å²) < 4.78 is 0. The lowest BCUT2D eigenvalue weighted by Crippen LogP contribution is -2.44. The van der Waals surface area contributed by atoms with Crippen LogP contribution in [-0.4, -0.2) is 31.2 Å². The molecule has 0 unspecified atom stereocenters. The normalized spacial score (nSPS) is 16.2. The van der Waals surface area contributed by atoms with Crippen molar-refractivity contribution in [3.8, 4) is 0 Å². The van der Waals surface area contributed by atoms with Crippen LogP contribution in [0.3, 0.4) is 0 Å². The number of hydrogen-bond acceptors (Lipinski definition) is 3. The molecule has 1 fully saturated rings. The van der Waals surface area contributed by atoms with Crippen molar-refractivity contribution in [1.82, 2.24) is 10.3 Å². The van der Waals surface area contributed by atoms with Gasteiger partial charge in [-0.25, -0.2) is 4.98 Å². The van der Waals surface area contributed by atoms with Crippen molar-refractivity contribution >= 4 is 29.8 Å². The minimum absolute atomic E-state index is 0. The summed E-state index contributed by atoms with van der Waals surface area (Å²) in [7, 11) is 0. The fourth-order valence-corrected chi connectivity index (χ4v) is 1.73. The first-order chi connectivity index (χ1) is 6.38. The van der Waals surface area contributed by atoms with Crippen molar-refractivity contribution in [2.75, 3.05) is 31.1 Å². The van der Waals surface area contributed by atoms with Gasteiger partial charge in [0.25, 0.3) is 0 Å². The molecule has 0 amide bonds. The molecule has 2 rings (SSSR count). The van der Waals surface area contributed by atoms with Gasteiger partial charge in [-0.05, 0) is 12.1 Å². The molecule has 78 valence electrons. The maximum atomic E-state index is 6.03. The number of piperazine rings is 1. The van der Waals surface area contributed by atoms with Crippen LogP contribution in [0, 0.1) is 0 Å². The standard InChI is InChI=1S/C9H12ClN3.ClH/c10-8-2-1-3-12-9(8)13-6-4-11-5-7-13;/h1-3,11H,4-7H2;1H. The first-order valence-corrected chi connectivity index (χ1v) is 4.82. The summed E-state index contributed by atoms with van der Waals surface area (Å²) in [5, 5.41) is 4.03. The Hall–Kier alpha value is -0.510. The molecule has 1 saturated heterocycles. The van der Waals surface area contributed by atoms with Gasteiger partial charge in [-0.2, -0.15) is 0 Å². The molecule has 2 heterocycles. The molecule has 1 N–H and O–H groups in total. The number of nitrogens with one attached hydrogen (secondary N) is 1. The highest BCUT2D eigenvalue weighted by Crippen LogP contribution is 2.21. The number of halogens is 2. The molecule has 1 aliphatic heterocycles. The predicted molar refractivity (Wildman–Crippen MR) is 61.6 cm³/mol. The number of hydrogen-bond donors (Lipinski definition) is 1. The Morgan fingerprint density at radius 2 is 2.07 bits per heavy atom. The smallest absolute Gasteiger partial charge is 0.147 e. The van der Waals surface area contributed by atoms with Crippen molar-refractivity contribution < 1.29 is 0 Å². The average molecular weight is 234 g/mol. The third-order valence-corrected chi connectivity index (χ3v) is 2.45. The summed E-state index contributed by atoms with van der Waals surface area (Å²) in [6, 6.07) is 3.74. The molecular weight excluding hydrogens is 221 g/mol. The molecule has 0 aromatic carbocycles. The molecule has 1 aromatic rings. The van der Waals surface area contributed by atoms with E-state index in [0.29, 0.717) is 0 Å². The van der Waals surface area contributed by atoms with Crippen LogP contribution in [0.2, 0.25) is 5.02 Å². The summed E-state index contributed by atoms with van der Waals surface area (Å²) in [5.41, 5.74) is 0. The number of pyridine rings is 1. The summed E-state index contributed by atoms with van der Waals surface area (Å²) in [4.78, 5) is 6.48. The molecule has 0 radical (unpaired) electrons. The highest BCUT2D eigenvalue weighted by atomic mass is 35.5. The van der Waals surface area contributed by atoms with Crippen LogP contribution in [0.5, 0.6) is 0 Å². The maximum absolute atomic E-state index is 6.03. The lowest BCUT2D eigenvalue weighted by molar-refractivity contribution is 0.585. The van der Waals surface area contributed by atoms with E-state index in [1.807, 2.05) is 12.1 Å². The van der Waals surface area contributed by atoms with E-state index in [4.69, 9.17) is 11.6 Å². The molecule has 14 heavy (non-hydrogen) atoms. The molecule has 5 heteroatoms. The highest BCUT2D eigenvalue weighted by molar-refractivity contribution is 6.32. The first-order valence-electron chi connectivity index (χ1n) is 4.44. The van der Waals surface area contributed by atoms with Gasteiger partial charge in [-0.3, -0.25) is 0 Å². The van der Waals surface area contributed by atoms with Gasteiger partial charge in [0.2, 0.25) is 0 Å². The van der Waals surface area contributed by atoms with Crippen molar-refractivity contribution in [2.24, 2.45) is 0 Å². The molecule has 0 bridgehead atoms. The Bertz CT molecular complexity index is 287. The summed E-state index contributed by atoms with van der Waals surface area (Å²) in [6.45, 7) is 3.98. The van der Waals surface area contributed by atoms with Crippen LogP contribution in [0.15, 0.2) is 18.3 Å². The van der Waals surface area contributed by atoms with Crippen LogP contribution in [0.25, 0.3) is 0 Å². The molecule has 0 saturated carbocycles. The zero-order valence-electron chi connectivity index (χ0n) is 7.74. The molecule has 0 atom stereocenters. The Balaban J connectivity index is 0.000000980. The molecule has 0 aliphatic carbocycles. The number of aromatic nitrogens is 1. The van der Waals surface area contributed by atoms with Crippen molar-refractivity contribution in [2.45, 2.75) is 0 Å². The zero-order chi connectivity index (χ0) is 9.10. The number of anilines is 1. The topological polar surface area (TPSA) is 28.2 Å². The zero-order valence-corrected chi connectivity index (χ0v) is 9.31. The Morgan fingerprint density at radius 1 is 1.36 bits per heavy atom. The Kier molecular flexibility index (Phi) is 4.45. The minimum atomic E-state index is 0. The van der Waals surface area contributed by atoms with Crippen LogP contribution in [0.4, 0.5) is 5.82 Å². The lowest BCUT2D eigenvalue weighted by Gasteiger charge is -2.28. The third-order valence-electron chi connectivity index (χ3n) is 2.16.